The average Bonchev–Trinajstić information content (AvgIpc) is 3.18. The van der Waals surface area contributed by atoms with Gasteiger partial charge in [-0.2, -0.15) is 0 Å². The Kier molecular flexibility index (Phi) is 8.82. The highest BCUT2D eigenvalue weighted by Gasteiger charge is 2.23. The van der Waals surface area contributed by atoms with Gasteiger partial charge in [0.05, 0.1) is 15.1 Å². The molecule has 9 heteroatoms. The van der Waals surface area contributed by atoms with E-state index in [9.17, 15) is 13.2 Å². The predicted molar refractivity (Wildman–Crippen MR) is 135 cm³/mol. The normalized spacial score (nSPS) is 11.6. The molecule has 0 bridgehead atoms. The highest BCUT2D eigenvalue weighted by atomic mass is 35.5. The van der Waals surface area contributed by atoms with Crippen LogP contribution in [-0.4, -0.2) is 56.6 Å². The molecule has 0 aliphatic heterocycles. The molecule has 0 spiro atoms. The standard InChI is InChI=1S/C23H29N3O3S2.ClH/c1-6-25(7-2)13-14-26(22(27)18-9-8-10-19(15-18)31(5,28)29)23-24-21-17(4)16(3)11-12-20(21)30-23;/h8-12,15H,6-7,13-14H2,1-5H3;1H. The lowest BCUT2D eigenvalue weighted by molar-refractivity contribution is 0.0983. The molecule has 0 saturated heterocycles. The van der Waals surface area contributed by atoms with Gasteiger partial charge in [-0.15, -0.1) is 12.4 Å². The number of carbonyl (C=O) groups excluding carboxylic acids is 1. The fourth-order valence-corrected chi connectivity index (χ4v) is 5.13. The SMILES string of the molecule is CCN(CC)CCN(C(=O)c1cccc(S(C)(=O)=O)c1)c1nc2c(C)c(C)ccc2s1.Cl. The van der Waals surface area contributed by atoms with Crippen LogP contribution in [0.5, 0.6) is 0 Å². The van der Waals surface area contributed by atoms with Crippen LogP contribution in [0, 0.1) is 13.8 Å². The molecule has 0 N–H and O–H groups in total. The van der Waals surface area contributed by atoms with E-state index in [1.54, 1.807) is 17.0 Å². The summed E-state index contributed by atoms with van der Waals surface area (Å²) in [5.74, 6) is -0.244. The number of fused-ring (bicyclic) bond motifs is 1. The summed E-state index contributed by atoms with van der Waals surface area (Å²) in [7, 11) is -3.41. The Bertz CT molecular complexity index is 1200. The van der Waals surface area contributed by atoms with Gasteiger partial charge >= 0.3 is 0 Å². The number of hydrogen-bond donors (Lipinski definition) is 0. The Morgan fingerprint density at radius 2 is 1.75 bits per heavy atom. The Balaban J connectivity index is 0.00000363. The van der Waals surface area contributed by atoms with E-state index in [2.05, 4.69) is 24.8 Å². The highest BCUT2D eigenvalue weighted by Crippen LogP contribution is 2.32. The zero-order chi connectivity index (χ0) is 22.8. The van der Waals surface area contributed by atoms with Gasteiger partial charge in [-0.05, 0) is 62.3 Å². The summed E-state index contributed by atoms with van der Waals surface area (Å²) in [4.78, 5) is 22.4. The van der Waals surface area contributed by atoms with Crippen LogP contribution in [0.1, 0.15) is 35.3 Å². The molecule has 6 nitrogen and oxygen atoms in total. The van der Waals surface area contributed by atoms with Crippen LogP contribution in [0.4, 0.5) is 5.13 Å². The van der Waals surface area contributed by atoms with Crippen LogP contribution in [0.15, 0.2) is 41.3 Å². The molecule has 1 aromatic heterocycles. The predicted octanol–water partition coefficient (Wildman–Crippen LogP) is 4.73. The number of nitrogens with zero attached hydrogens (tertiary/aromatic N) is 3. The van der Waals surface area contributed by atoms with E-state index in [0.29, 0.717) is 23.8 Å². The van der Waals surface area contributed by atoms with Crippen molar-refractivity contribution in [3.8, 4) is 0 Å². The summed E-state index contributed by atoms with van der Waals surface area (Å²) < 4.78 is 25.0. The Labute approximate surface area is 200 Å². The number of carbonyl (C=O) groups is 1. The number of thiazole rings is 1. The molecule has 0 saturated carbocycles. The first kappa shape index (κ1) is 26.3. The van der Waals surface area contributed by atoms with E-state index in [-0.39, 0.29) is 23.2 Å². The van der Waals surface area contributed by atoms with Crippen molar-refractivity contribution >= 4 is 54.8 Å². The molecule has 2 aromatic carbocycles. The minimum atomic E-state index is -3.41. The fourth-order valence-electron chi connectivity index (χ4n) is 3.41. The van der Waals surface area contributed by atoms with Gasteiger partial charge in [-0.25, -0.2) is 13.4 Å². The second kappa shape index (κ2) is 10.7. The quantitative estimate of drug-likeness (QED) is 0.452. The Morgan fingerprint density at radius 1 is 1.06 bits per heavy atom. The van der Waals surface area contributed by atoms with Crippen molar-refractivity contribution in [2.75, 3.05) is 37.3 Å². The summed E-state index contributed by atoms with van der Waals surface area (Å²) >= 11 is 1.49. The first-order valence-electron chi connectivity index (χ1n) is 10.4. The van der Waals surface area contributed by atoms with Crippen molar-refractivity contribution in [1.82, 2.24) is 9.88 Å². The number of benzene rings is 2. The zero-order valence-corrected chi connectivity index (χ0v) is 21.5. The van der Waals surface area contributed by atoms with Gasteiger partial charge in [0.1, 0.15) is 0 Å². The van der Waals surface area contributed by atoms with E-state index in [0.717, 1.165) is 40.7 Å². The lowest BCUT2D eigenvalue weighted by atomic mass is 10.1. The van der Waals surface area contributed by atoms with Crippen molar-refractivity contribution in [2.24, 2.45) is 0 Å². The van der Waals surface area contributed by atoms with E-state index in [1.807, 2.05) is 19.9 Å². The molecule has 32 heavy (non-hydrogen) atoms. The molecule has 0 aliphatic rings. The van der Waals surface area contributed by atoms with E-state index in [4.69, 9.17) is 4.98 Å². The minimum Gasteiger partial charge on any atom is -0.302 e. The van der Waals surface area contributed by atoms with Crippen LogP contribution in [0.25, 0.3) is 10.2 Å². The number of aryl methyl sites for hydroxylation is 2. The third-order valence-corrected chi connectivity index (χ3v) is 7.75. The molecule has 174 valence electrons. The number of hydrogen-bond acceptors (Lipinski definition) is 6. The largest absolute Gasteiger partial charge is 0.302 e. The highest BCUT2D eigenvalue weighted by molar-refractivity contribution is 7.90. The third-order valence-electron chi connectivity index (χ3n) is 5.59. The van der Waals surface area contributed by atoms with Gasteiger partial charge in [0.25, 0.3) is 5.91 Å². The second-order valence-corrected chi connectivity index (χ2v) is 10.7. The topological polar surface area (TPSA) is 70.6 Å². The van der Waals surface area contributed by atoms with Crippen LogP contribution in [0.2, 0.25) is 0 Å². The van der Waals surface area contributed by atoms with Gasteiger partial charge in [-0.3, -0.25) is 9.69 Å². The van der Waals surface area contributed by atoms with Crippen LogP contribution in [-0.2, 0) is 9.84 Å². The van der Waals surface area contributed by atoms with Crippen LogP contribution in [0.3, 0.4) is 0 Å². The molecule has 1 amide bonds. The number of anilines is 1. The van der Waals surface area contributed by atoms with Crippen molar-refractivity contribution < 1.29 is 13.2 Å². The van der Waals surface area contributed by atoms with Crippen molar-refractivity contribution in [2.45, 2.75) is 32.6 Å². The number of aromatic nitrogens is 1. The van der Waals surface area contributed by atoms with Gasteiger partial charge in [-0.1, -0.05) is 37.3 Å². The lowest BCUT2D eigenvalue weighted by Crippen LogP contribution is -2.39. The molecule has 0 radical (unpaired) electrons. The van der Waals surface area contributed by atoms with Crippen LogP contribution >= 0.6 is 23.7 Å². The maximum Gasteiger partial charge on any atom is 0.260 e. The lowest BCUT2D eigenvalue weighted by Gasteiger charge is -2.25. The summed E-state index contributed by atoms with van der Waals surface area (Å²) in [6.07, 6.45) is 1.15. The molecule has 0 atom stereocenters. The van der Waals surface area contributed by atoms with Crippen molar-refractivity contribution in [3.63, 3.8) is 0 Å². The van der Waals surface area contributed by atoms with E-state index >= 15 is 0 Å². The second-order valence-electron chi connectivity index (χ2n) is 7.63. The molecular formula is C23H30ClN3O3S2. The number of amides is 1. The number of likely N-dealkylation sites (N-methyl/N-ethyl adjacent to an activating group) is 1. The van der Waals surface area contributed by atoms with Crippen molar-refractivity contribution in [1.29, 1.82) is 0 Å². The van der Waals surface area contributed by atoms with Crippen molar-refractivity contribution in [3.05, 3.63) is 53.1 Å². The van der Waals surface area contributed by atoms with Gasteiger partial charge in [0, 0.05) is 24.9 Å². The number of sulfone groups is 1. The number of rotatable bonds is 8. The van der Waals surface area contributed by atoms with Gasteiger partial charge in [0.15, 0.2) is 15.0 Å². The minimum absolute atomic E-state index is 0. The fraction of sp³-hybridized carbons (Fsp3) is 0.391. The monoisotopic (exact) mass is 495 g/mol. The molecule has 0 unspecified atom stereocenters. The summed E-state index contributed by atoms with van der Waals surface area (Å²) in [5.41, 5.74) is 3.52. The molecule has 3 rings (SSSR count). The third kappa shape index (κ3) is 5.67. The summed E-state index contributed by atoms with van der Waals surface area (Å²) in [6, 6.07) is 10.3. The maximum absolute atomic E-state index is 13.5. The number of halogens is 1. The van der Waals surface area contributed by atoms with Gasteiger partial charge in [0.2, 0.25) is 0 Å². The summed E-state index contributed by atoms with van der Waals surface area (Å²) in [6.45, 7) is 11.2. The zero-order valence-electron chi connectivity index (χ0n) is 19.1. The Morgan fingerprint density at radius 3 is 2.38 bits per heavy atom. The first-order valence-corrected chi connectivity index (χ1v) is 13.1. The molecule has 0 aliphatic carbocycles. The molecular weight excluding hydrogens is 466 g/mol. The smallest absolute Gasteiger partial charge is 0.260 e. The molecule has 0 fully saturated rings. The van der Waals surface area contributed by atoms with Crippen LogP contribution < -0.4 is 4.90 Å². The van der Waals surface area contributed by atoms with E-state index < -0.39 is 9.84 Å². The average molecular weight is 496 g/mol. The molecule has 3 aromatic rings. The maximum atomic E-state index is 13.5. The Hall–Kier alpha value is -2.00. The first-order chi connectivity index (χ1) is 14.7. The summed E-state index contributed by atoms with van der Waals surface area (Å²) in [5, 5.41) is 0.630. The van der Waals surface area contributed by atoms with Gasteiger partial charge < -0.3 is 4.90 Å². The van der Waals surface area contributed by atoms with E-state index in [1.165, 1.54) is 23.5 Å². The molecule has 1 heterocycles.